The molecular formula is C9H10O2. The van der Waals surface area contributed by atoms with Crippen LogP contribution in [0, 0.1) is 0 Å². The van der Waals surface area contributed by atoms with Crippen molar-refractivity contribution in [3.63, 3.8) is 0 Å². The van der Waals surface area contributed by atoms with Crippen LogP contribution in [0.1, 0.15) is 12.5 Å². The number of benzene rings is 1. The zero-order valence-electron chi connectivity index (χ0n) is 6.28. The fraction of sp³-hybridized carbons (Fsp3) is 0.111. The molecule has 0 amide bonds. The van der Waals surface area contributed by atoms with Crippen LogP contribution < -0.4 is 0 Å². The maximum Gasteiger partial charge on any atom is 0.157 e. The molecule has 0 radical (unpaired) electrons. The Kier molecular flexibility index (Phi) is 2.16. The summed E-state index contributed by atoms with van der Waals surface area (Å²) >= 11 is 0. The summed E-state index contributed by atoms with van der Waals surface area (Å²) in [6.45, 7) is 1.89. The van der Waals surface area contributed by atoms with Crippen LogP contribution in [0.15, 0.2) is 24.3 Å². The molecule has 0 saturated heterocycles. The predicted molar refractivity (Wildman–Crippen MR) is 44.5 cm³/mol. The van der Waals surface area contributed by atoms with E-state index >= 15 is 0 Å². The molecule has 0 unspecified atom stereocenters. The third-order valence-corrected chi connectivity index (χ3v) is 1.36. The van der Waals surface area contributed by atoms with Crippen molar-refractivity contribution in [3.05, 3.63) is 29.8 Å². The standard InChI is InChI=1S/C9H10O2/c1-2-3-7-4-5-8(10)9(11)6-7/h2-6,10-11H,1H3/b3-2-. The predicted octanol–water partition coefficient (Wildman–Crippen LogP) is 2.13. The molecule has 0 aliphatic heterocycles. The highest BCUT2D eigenvalue weighted by Gasteiger charge is 1.96. The van der Waals surface area contributed by atoms with Crippen LogP contribution in [0.4, 0.5) is 0 Å². The lowest BCUT2D eigenvalue weighted by Crippen LogP contribution is -1.72. The smallest absolute Gasteiger partial charge is 0.157 e. The molecule has 0 aliphatic rings. The molecule has 0 aromatic heterocycles. The Morgan fingerprint density at radius 3 is 2.45 bits per heavy atom. The summed E-state index contributed by atoms with van der Waals surface area (Å²) in [5.41, 5.74) is 0.878. The molecule has 1 aromatic rings. The lowest BCUT2D eigenvalue weighted by atomic mass is 10.2. The van der Waals surface area contributed by atoms with Gasteiger partial charge in [-0.1, -0.05) is 18.2 Å². The highest BCUT2D eigenvalue weighted by molar-refractivity contribution is 5.54. The van der Waals surface area contributed by atoms with Crippen molar-refractivity contribution < 1.29 is 10.2 Å². The van der Waals surface area contributed by atoms with Gasteiger partial charge in [0.2, 0.25) is 0 Å². The van der Waals surface area contributed by atoms with E-state index < -0.39 is 0 Å². The van der Waals surface area contributed by atoms with Crippen molar-refractivity contribution >= 4 is 6.08 Å². The molecule has 2 heteroatoms. The molecule has 11 heavy (non-hydrogen) atoms. The van der Waals surface area contributed by atoms with E-state index in [1.165, 1.54) is 12.1 Å². The molecule has 0 heterocycles. The minimum atomic E-state index is -0.0850. The first-order valence-corrected chi connectivity index (χ1v) is 3.38. The summed E-state index contributed by atoms with van der Waals surface area (Å²) in [4.78, 5) is 0. The van der Waals surface area contributed by atoms with Gasteiger partial charge in [0.15, 0.2) is 11.5 Å². The van der Waals surface area contributed by atoms with Crippen molar-refractivity contribution in [2.75, 3.05) is 0 Å². The molecule has 2 nitrogen and oxygen atoms in total. The molecule has 2 N–H and O–H groups in total. The van der Waals surface area contributed by atoms with Gasteiger partial charge in [-0.3, -0.25) is 0 Å². The molecule has 0 spiro atoms. The third-order valence-electron chi connectivity index (χ3n) is 1.36. The Morgan fingerprint density at radius 1 is 1.18 bits per heavy atom. The van der Waals surface area contributed by atoms with E-state index in [1.807, 2.05) is 19.1 Å². The Bertz CT molecular complexity index is 277. The van der Waals surface area contributed by atoms with E-state index in [4.69, 9.17) is 10.2 Å². The van der Waals surface area contributed by atoms with Gasteiger partial charge >= 0.3 is 0 Å². The van der Waals surface area contributed by atoms with Crippen molar-refractivity contribution in [1.29, 1.82) is 0 Å². The van der Waals surface area contributed by atoms with Crippen LogP contribution in [-0.2, 0) is 0 Å². The monoisotopic (exact) mass is 150 g/mol. The van der Waals surface area contributed by atoms with Gasteiger partial charge in [0, 0.05) is 0 Å². The lowest BCUT2D eigenvalue weighted by Gasteiger charge is -1.97. The average Bonchev–Trinajstić information content (AvgIpc) is 1.98. The van der Waals surface area contributed by atoms with Crippen molar-refractivity contribution in [3.8, 4) is 11.5 Å². The van der Waals surface area contributed by atoms with Crippen molar-refractivity contribution in [2.45, 2.75) is 6.92 Å². The Morgan fingerprint density at radius 2 is 1.91 bits per heavy atom. The van der Waals surface area contributed by atoms with Gasteiger partial charge in [-0.15, -0.1) is 0 Å². The second-order valence-corrected chi connectivity index (χ2v) is 2.25. The maximum absolute atomic E-state index is 9.04. The van der Waals surface area contributed by atoms with Gasteiger partial charge in [-0.25, -0.2) is 0 Å². The molecular weight excluding hydrogens is 140 g/mol. The summed E-state index contributed by atoms with van der Waals surface area (Å²) in [6.07, 6.45) is 3.71. The van der Waals surface area contributed by atoms with Crippen LogP contribution in [-0.4, -0.2) is 10.2 Å². The van der Waals surface area contributed by atoms with E-state index in [9.17, 15) is 0 Å². The largest absolute Gasteiger partial charge is 0.504 e. The van der Waals surface area contributed by atoms with Crippen LogP contribution >= 0.6 is 0 Å². The average molecular weight is 150 g/mol. The third kappa shape index (κ3) is 1.74. The molecule has 1 rings (SSSR count). The topological polar surface area (TPSA) is 40.5 Å². The van der Waals surface area contributed by atoms with Crippen LogP contribution in [0.5, 0.6) is 11.5 Å². The van der Waals surface area contributed by atoms with Gasteiger partial charge in [-0.2, -0.15) is 0 Å². The summed E-state index contributed by atoms with van der Waals surface area (Å²) in [5, 5.41) is 18.0. The van der Waals surface area contributed by atoms with Gasteiger partial charge < -0.3 is 10.2 Å². The molecule has 0 bridgehead atoms. The highest BCUT2D eigenvalue weighted by atomic mass is 16.3. The van der Waals surface area contributed by atoms with E-state index in [0.717, 1.165) is 5.56 Å². The SMILES string of the molecule is C/C=C\c1ccc(O)c(O)c1. The first kappa shape index (κ1) is 7.66. The number of rotatable bonds is 1. The van der Waals surface area contributed by atoms with Gasteiger partial charge in [0.1, 0.15) is 0 Å². The van der Waals surface area contributed by atoms with Gasteiger partial charge in [0.05, 0.1) is 0 Å². The van der Waals surface area contributed by atoms with Crippen LogP contribution in [0.25, 0.3) is 6.08 Å². The molecule has 58 valence electrons. The first-order chi connectivity index (χ1) is 5.24. The van der Waals surface area contributed by atoms with Gasteiger partial charge in [-0.05, 0) is 24.6 Å². The van der Waals surface area contributed by atoms with Crippen LogP contribution in [0.2, 0.25) is 0 Å². The molecule has 1 aromatic carbocycles. The summed E-state index contributed by atoms with van der Waals surface area (Å²) in [5.74, 6) is -0.168. The molecule has 0 atom stereocenters. The second-order valence-electron chi connectivity index (χ2n) is 2.25. The minimum absolute atomic E-state index is 0.0828. The number of aromatic hydroxyl groups is 2. The Hall–Kier alpha value is -1.44. The molecule has 0 fully saturated rings. The minimum Gasteiger partial charge on any atom is -0.504 e. The number of phenols is 2. The second kappa shape index (κ2) is 3.10. The van der Waals surface area contributed by atoms with E-state index in [2.05, 4.69) is 0 Å². The van der Waals surface area contributed by atoms with Crippen LogP contribution in [0.3, 0.4) is 0 Å². The van der Waals surface area contributed by atoms with Crippen molar-refractivity contribution in [2.24, 2.45) is 0 Å². The fourth-order valence-electron chi connectivity index (χ4n) is 0.837. The number of phenolic OH excluding ortho intramolecular Hbond substituents is 2. The normalized spacial score (nSPS) is 10.6. The Labute approximate surface area is 65.4 Å². The summed E-state index contributed by atoms with van der Waals surface area (Å²) in [7, 11) is 0. The lowest BCUT2D eigenvalue weighted by molar-refractivity contribution is 0.403. The number of hydrogen-bond donors (Lipinski definition) is 2. The highest BCUT2D eigenvalue weighted by Crippen LogP contribution is 2.25. The van der Waals surface area contributed by atoms with E-state index in [0.29, 0.717) is 0 Å². The van der Waals surface area contributed by atoms with Crippen molar-refractivity contribution in [1.82, 2.24) is 0 Å². The number of hydrogen-bond acceptors (Lipinski definition) is 2. The first-order valence-electron chi connectivity index (χ1n) is 3.38. The summed E-state index contributed by atoms with van der Waals surface area (Å²) in [6, 6.07) is 4.70. The summed E-state index contributed by atoms with van der Waals surface area (Å²) < 4.78 is 0. The number of allylic oxidation sites excluding steroid dienone is 1. The zero-order chi connectivity index (χ0) is 8.27. The zero-order valence-corrected chi connectivity index (χ0v) is 6.28. The molecule has 0 saturated carbocycles. The molecule has 0 aliphatic carbocycles. The van der Waals surface area contributed by atoms with E-state index in [-0.39, 0.29) is 11.5 Å². The fourth-order valence-corrected chi connectivity index (χ4v) is 0.837. The quantitative estimate of drug-likeness (QED) is 0.602. The van der Waals surface area contributed by atoms with E-state index in [1.54, 1.807) is 6.07 Å². The van der Waals surface area contributed by atoms with Gasteiger partial charge in [0.25, 0.3) is 0 Å². The Balaban J connectivity index is 3.05. The maximum atomic E-state index is 9.04.